The maximum Gasteiger partial charge on any atom is 0.416 e. The van der Waals surface area contributed by atoms with Gasteiger partial charge in [-0.15, -0.1) is 0 Å². The SMILES string of the molecule is CC(C)(C)C(=O)NCCC(=O)Nc1ccc(C(F)(F)F)cc1. The summed E-state index contributed by atoms with van der Waals surface area (Å²) in [6.07, 6.45) is -4.36. The van der Waals surface area contributed by atoms with Crippen LogP contribution in [0.2, 0.25) is 0 Å². The number of hydrogen-bond donors (Lipinski definition) is 2. The number of rotatable bonds is 4. The van der Waals surface area contributed by atoms with E-state index in [1.54, 1.807) is 20.8 Å². The molecule has 0 radical (unpaired) electrons. The summed E-state index contributed by atoms with van der Waals surface area (Å²) in [6, 6.07) is 4.18. The van der Waals surface area contributed by atoms with Gasteiger partial charge in [-0.1, -0.05) is 20.8 Å². The van der Waals surface area contributed by atoms with Crippen LogP contribution < -0.4 is 10.6 Å². The Labute approximate surface area is 127 Å². The minimum atomic E-state index is -4.40. The first kappa shape index (κ1) is 18.0. The van der Waals surface area contributed by atoms with Gasteiger partial charge in [-0.3, -0.25) is 9.59 Å². The molecule has 0 aliphatic rings. The van der Waals surface area contributed by atoms with Crippen LogP contribution in [0.25, 0.3) is 0 Å². The third-order valence-electron chi connectivity index (χ3n) is 2.81. The van der Waals surface area contributed by atoms with E-state index in [0.29, 0.717) is 0 Å². The van der Waals surface area contributed by atoms with Gasteiger partial charge < -0.3 is 10.6 Å². The van der Waals surface area contributed by atoms with Gasteiger partial charge in [0.1, 0.15) is 0 Å². The van der Waals surface area contributed by atoms with Crippen molar-refractivity contribution in [2.75, 3.05) is 11.9 Å². The highest BCUT2D eigenvalue weighted by Crippen LogP contribution is 2.29. The second kappa shape index (κ2) is 6.81. The molecule has 122 valence electrons. The van der Waals surface area contributed by atoms with Crippen molar-refractivity contribution in [3.8, 4) is 0 Å². The van der Waals surface area contributed by atoms with Crippen LogP contribution in [-0.2, 0) is 15.8 Å². The Morgan fingerprint density at radius 3 is 2.05 bits per heavy atom. The molecule has 0 atom stereocenters. The van der Waals surface area contributed by atoms with Crippen LogP contribution >= 0.6 is 0 Å². The van der Waals surface area contributed by atoms with E-state index >= 15 is 0 Å². The largest absolute Gasteiger partial charge is 0.416 e. The minimum absolute atomic E-state index is 0.0445. The molecule has 0 saturated carbocycles. The number of benzene rings is 1. The molecule has 1 aromatic carbocycles. The summed E-state index contributed by atoms with van der Waals surface area (Å²) in [4.78, 5) is 23.2. The van der Waals surface area contributed by atoms with Gasteiger partial charge in [-0.2, -0.15) is 13.2 Å². The first-order chi connectivity index (χ1) is 10.00. The highest BCUT2D eigenvalue weighted by molar-refractivity contribution is 5.91. The topological polar surface area (TPSA) is 58.2 Å². The molecule has 0 spiro atoms. The number of carbonyl (C=O) groups is 2. The molecule has 2 amide bonds. The zero-order valence-corrected chi connectivity index (χ0v) is 12.7. The van der Waals surface area contributed by atoms with Crippen LogP contribution in [0.5, 0.6) is 0 Å². The molecule has 1 aromatic rings. The lowest BCUT2D eigenvalue weighted by atomic mass is 9.96. The van der Waals surface area contributed by atoms with Crippen LogP contribution in [0.15, 0.2) is 24.3 Å². The van der Waals surface area contributed by atoms with Crippen LogP contribution in [-0.4, -0.2) is 18.4 Å². The molecule has 4 nitrogen and oxygen atoms in total. The second-order valence-corrected chi connectivity index (χ2v) is 5.88. The van der Waals surface area contributed by atoms with E-state index < -0.39 is 17.2 Å². The van der Waals surface area contributed by atoms with E-state index in [4.69, 9.17) is 0 Å². The average molecular weight is 316 g/mol. The first-order valence-electron chi connectivity index (χ1n) is 6.75. The zero-order chi connectivity index (χ0) is 17.0. The number of alkyl halides is 3. The molecular formula is C15H19F3N2O2. The van der Waals surface area contributed by atoms with E-state index in [2.05, 4.69) is 10.6 Å². The third-order valence-corrected chi connectivity index (χ3v) is 2.81. The lowest BCUT2D eigenvalue weighted by Gasteiger charge is -2.17. The van der Waals surface area contributed by atoms with E-state index in [-0.39, 0.29) is 30.5 Å². The maximum atomic E-state index is 12.4. The standard InChI is InChI=1S/C15H19F3N2O2/c1-14(2,3)13(22)19-9-8-12(21)20-11-6-4-10(5-7-11)15(16,17)18/h4-7H,8-9H2,1-3H3,(H,19,22)(H,20,21). The fourth-order valence-corrected chi connectivity index (χ4v) is 1.52. The van der Waals surface area contributed by atoms with Crippen molar-refractivity contribution in [3.63, 3.8) is 0 Å². The molecule has 2 N–H and O–H groups in total. The summed E-state index contributed by atoms with van der Waals surface area (Å²) in [5.41, 5.74) is -1.03. The molecule has 0 heterocycles. The van der Waals surface area contributed by atoms with Gasteiger partial charge in [0.25, 0.3) is 0 Å². The quantitative estimate of drug-likeness (QED) is 0.896. The van der Waals surface area contributed by atoms with Crippen molar-refractivity contribution in [3.05, 3.63) is 29.8 Å². The maximum absolute atomic E-state index is 12.4. The average Bonchev–Trinajstić information content (AvgIpc) is 2.37. The summed E-state index contributed by atoms with van der Waals surface area (Å²) in [5, 5.41) is 5.10. The lowest BCUT2D eigenvalue weighted by molar-refractivity contribution is -0.137. The van der Waals surface area contributed by atoms with Crippen molar-refractivity contribution in [1.82, 2.24) is 5.32 Å². The van der Waals surface area contributed by atoms with Crippen LogP contribution in [0.3, 0.4) is 0 Å². The first-order valence-corrected chi connectivity index (χ1v) is 6.75. The molecular weight excluding hydrogens is 297 g/mol. The Morgan fingerprint density at radius 1 is 1.05 bits per heavy atom. The summed E-state index contributed by atoms with van der Waals surface area (Å²) < 4.78 is 37.2. The van der Waals surface area contributed by atoms with Crippen molar-refractivity contribution in [2.45, 2.75) is 33.4 Å². The number of amides is 2. The van der Waals surface area contributed by atoms with E-state index in [1.165, 1.54) is 12.1 Å². The van der Waals surface area contributed by atoms with Crippen molar-refractivity contribution in [2.24, 2.45) is 5.41 Å². The van der Waals surface area contributed by atoms with Crippen molar-refractivity contribution in [1.29, 1.82) is 0 Å². The molecule has 0 bridgehead atoms. The molecule has 7 heteroatoms. The van der Waals surface area contributed by atoms with E-state index in [9.17, 15) is 22.8 Å². The Balaban J connectivity index is 2.44. The summed E-state index contributed by atoms with van der Waals surface area (Å²) in [5.74, 6) is -0.552. The predicted molar refractivity (Wildman–Crippen MR) is 77.2 cm³/mol. The molecule has 22 heavy (non-hydrogen) atoms. The number of nitrogens with one attached hydrogen (secondary N) is 2. The third kappa shape index (κ3) is 5.75. The lowest BCUT2D eigenvalue weighted by Crippen LogP contribution is -2.36. The number of carbonyl (C=O) groups excluding carboxylic acids is 2. The second-order valence-electron chi connectivity index (χ2n) is 5.88. The molecule has 1 rings (SSSR count). The van der Waals surface area contributed by atoms with E-state index in [0.717, 1.165) is 12.1 Å². The molecule has 0 aliphatic heterocycles. The Hall–Kier alpha value is -2.05. The molecule has 0 aliphatic carbocycles. The summed E-state index contributed by atoms with van der Waals surface area (Å²) in [6.45, 7) is 5.43. The van der Waals surface area contributed by atoms with Gasteiger partial charge in [-0.05, 0) is 24.3 Å². The Bertz CT molecular complexity index is 531. The highest BCUT2D eigenvalue weighted by Gasteiger charge is 2.30. The minimum Gasteiger partial charge on any atom is -0.355 e. The fraction of sp³-hybridized carbons (Fsp3) is 0.467. The van der Waals surface area contributed by atoms with Crippen LogP contribution in [0.4, 0.5) is 18.9 Å². The number of hydrogen-bond acceptors (Lipinski definition) is 2. The van der Waals surface area contributed by atoms with Crippen LogP contribution in [0, 0.1) is 5.41 Å². The fourth-order valence-electron chi connectivity index (χ4n) is 1.52. The molecule has 0 aromatic heterocycles. The molecule has 0 fully saturated rings. The highest BCUT2D eigenvalue weighted by atomic mass is 19.4. The predicted octanol–water partition coefficient (Wildman–Crippen LogP) is 3.20. The van der Waals surface area contributed by atoms with Gasteiger partial charge in [0.2, 0.25) is 11.8 Å². The van der Waals surface area contributed by atoms with E-state index in [1.807, 2.05) is 0 Å². The number of anilines is 1. The molecule has 0 unspecified atom stereocenters. The van der Waals surface area contributed by atoms with Gasteiger partial charge in [0.15, 0.2) is 0 Å². The van der Waals surface area contributed by atoms with Crippen LogP contribution in [0.1, 0.15) is 32.8 Å². The normalized spacial score (nSPS) is 11.9. The summed E-state index contributed by atoms with van der Waals surface area (Å²) >= 11 is 0. The van der Waals surface area contributed by atoms with Gasteiger partial charge in [-0.25, -0.2) is 0 Å². The van der Waals surface area contributed by atoms with Gasteiger partial charge in [0, 0.05) is 24.1 Å². The number of halogens is 3. The molecule has 0 saturated heterocycles. The monoisotopic (exact) mass is 316 g/mol. The van der Waals surface area contributed by atoms with Crippen molar-refractivity contribution >= 4 is 17.5 Å². The zero-order valence-electron chi connectivity index (χ0n) is 12.7. The smallest absolute Gasteiger partial charge is 0.355 e. The summed E-state index contributed by atoms with van der Waals surface area (Å²) in [7, 11) is 0. The Kier molecular flexibility index (Phi) is 5.57. The van der Waals surface area contributed by atoms with Gasteiger partial charge in [0.05, 0.1) is 5.56 Å². The van der Waals surface area contributed by atoms with Crippen molar-refractivity contribution < 1.29 is 22.8 Å². The van der Waals surface area contributed by atoms with Gasteiger partial charge >= 0.3 is 6.18 Å². The Morgan fingerprint density at radius 2 is 1.59 bits per heavy atom.